The first kappa shape index (κ1) is 23.7. The monoisotopic (exact) mass is 507 g/mol. The van der Waals surface area contributed by atoms with Gasteiger partial charge in [-0.15, -0.1) is 0 Å². The van der Waals surface area contributed by atoms with E-state index in [2.05, 4.69) is 25.3 Å². The largest absolute Gasteiger partial charge is 0.391 e. The molecule has 3 atom stereocenters. The minimum absolute atomic E-state index is 0.00533. The summed E-state index contributed by atoms with van der Waals surface area (Å²) in [5.41, 5.74) is 8.88. The fourth-order valence-corrected chi connectivity index (χ4v) is 4.99. The fourth-order valence-electron chi connectivity index (χ4n) is 4.99. The molecule has 1 aromatic carbocycles. The molecule has 0 radical (unpaired) electrons. The van der Waals surface area contributed by atoms with Crippen molar-refractivity contribution in [1.82, 2.24) is 19.6 Å². The lowest BCUT2D eigenvalue weighted by atomic mass is 9.92. The summed E-state index contributed by atoms with van der Waals surface area (Å²) in [6.45, 7) is 4.00. The SMILES string of the molecule is CC1CN(c2ccncc2Nc2ncc3ccc(-c4c(F)cc(C5COC5)cc4F)nn23)CC(N)C1O. The molecule has 9 nitrogen and oxygen atoms in total. The van der Waals surface area contributed by atoms with Crippen molar-refractivity contribution in [3.8, 4) is 11.3 Å². The molecule has 37 heavy (non-hydrogen) atoms. The number of rotatable bonds is 5. The number of imidazole rings is 1. The third-order valence-corrected chi connectivity index (χ3v) is 7.16. The van der Waals surface area contributed by atoms with Gasteiger partial charge in [0.15, 0.2) is 0 Å². The van der Waals surface area contributed by atoms with Crippen LogP contribution in [0.3, 0.4) is 0 Å². The van der Waals surface area contributed by atoms with Gasteiger partial charge in [0.2, 0.25) is 5.95 Å². The zero-order valence-corrected chi connectivity index (χ0v) is 20.2. The highest BCUT2D eigenvalue weighted by atomic mass is 19.1. The number of pyridine rings is 1. The van der Waals surface area contributed by atoms with Crippen molar-refractivity contribution in [2.45, 2.75) is 25.0 Å². The smallest absolute Gasteiger partial charge is 0.229 e. The van der Waals surface area contributed by atoms with Gasteiger partial charge in [0.1, 0.15) is 11.6 Å². The van der Waals surface area contributed by atoms with E-state index in [0.717, 1.165) is 5.69 Å². The first-order valence-corrected chi connectivity index (χ1v) is 12.2. The molecule has 2 fully saturated rings. The Morgan fingerprint density at radius 3 is 2.59 bits per heavy atom. The third-order valence-electron chi connectivity index (χ3n) is 7.16. The molecule has 11 heteroatoms. The van der Waals surface area contributed by atoms with Crippen molar-refractivity contribution in [2.24, 2.45) is 11.7 Å². The summed E-state index contributed by atoms with van der Waals surface area (Å²) < 4.78 is 36.7. The molecule has 0 saturated carbocycles. The van der Waals surface area contributed by atoms with Crippen molar-refractivity contribution in [2.75, 3.05) is 36.5 Å². The van der Waals surface area contributed by atoms with Crippen molar-refractivity contribution >= 4 is 22.8 Å². The normalized spacial score (nSPS) is 22.3. The predicted molar refractivity (Wildman–Crippen MR) is 135 cm³/mol. The Hall–Kier alpha value is -3.67. The van der Waals surface area contributed by atoms with E-state index in [0.29, 0.717) is 49.0 Å². The number of nitrogens with zero attached hydrogens (tertiary/aromatic N) is 5. The van der Waals surface area contributed by atoms with Gasteiger partial charge in [0.25, 0.3) is 0 Å². The maximum atomic E-state index is 15.0. The van der Waals surface area contributed by atoms with Gasteiger partial charge in [-0.1, -0.05) is 6.92 Å². The second-order valence-electron chi connectivity index (χ2n) is 9.79. The van der Waals surface area contributed by atoms with E-state index in [1.54, 1.807) is 30.7 Å². The number of aromatic nitrogens is 4. The van der Waals surface area contributed by atoms with Gasteiger partial charge >= 0.3 is 0 Å². The average Bonchev–Trinajstić information content (AvgIpc) is 3.23. The van der Waals surface area contributed by atoms with Crippen LogP contribution in [0.15, 0.2) is 48.9 Å². The molecule has 5 heterocycles. The van der Waals surface area contributed by atoms with Gasteiger partial charge in [0.05, 0.1) is 59.9 Å². The zero-order chi connectivity index (χ0) is 25.7. The van der Waals surface area contributed by atoms with Crippen LogP contribution in [-0.4, -0.2) is 63.1 Å². The summed E-state index contributed by atoms with van der Waals surface area (Å²) in [6.07, 6.45) is 4.41. The van der Waals surface area contributed by atoms with Crippen LogP contribution in [-0.2, 0) is 4.74 Å². The maximum absolute atomic E-state index is 15.0. The second kappa shape index (κ2) is 9.33. The Morgan fingerprint density at radius 2 is 1.89 bits per heavy atom. The number of nitrogens with two attached hydrogens (primary N) is 1. The zero-order valence-electron chi connectivity index (χ0n) is 20.2. The number of anilines is 3. The van der Waals surface area contributed by atoms with Crippen molar-refractivity contribution in [3.05, 3.63) is 66.1 Å². The molecule has 2 aliphatic rings. The minimum Gasteiger partial charge on any atom is -0.391 e. The Morgan fingerprint density at radius 1 is 1.11 bits per heavy atom. The first-order valence-electron chi connectivity index (χ1n) is 12.2. The molecular weight excluding hydrogens is 480 g/mol. The summed E-state index contributed by atoms with van der Waals surface area (Å²) in [5, 5.41) is 18.0. The standard InChI is InChI=1S/C26H27F2N7O2/c1-14-10-34(11-20(29)25(14)36)23-4-5-30-9-22(23)32-26-31-8-17-2-3-21(33-35(17)26)24-18(27)6-15(7-19(24)28)16-12-37-13-16/h2-9,14,16,20,25,36H,10-13,29H2,1H3,(H,31,32). The number of hydrogen-bond acceptors (Lipinski definition) is 8. The number of piperidine rings is 1. The van der Waals surface area contributed by atoms with E-state index in [-0.39, 0.29) is 29.1 Å². The molecule has 4 aromatic rings. The second-order valence-corrected chi connectivity index (χ2v) is 9.79. The highest BCUT2D eigenvalue weighted by Gasteiger charge is 2.32. The van der Waals surface area contributed by atoms with Crippen molar-refractivity contribution < 1.29 is 18.6 Å². The number of hydrogen-bond donors (Lipinski definition) is 3. The number of ether oxygens (including phenoxy) is 1. The molecule has 2 aliphatic heterocycles. The quantitative estimate of drug-likeness (QED) is 0.378. The summed E-state index contributed by atoms with van der Waals surface area (Å²) in [5.74, 6) is -0.975. The minimum atomic E-state index is -0.671. The molecule has 3 unspecified atom stereocenters. The molecule has 0 spiro atoms. The molecule has 3 aromatic heterocycles. The highest BCUT2D eigenvalue weighted by Crippen LogP contribution is 2.33. The molecular formula is C26H27F2N7O2. The van der Waals surface area contributed by atoms with Crippen LogP contribution < -0.4 is 16.0 Å². The summed E-state index contributed by atoms with van der Waals surface area (Å²) in [4.78, 5) is 10.8. The van der Waals surface area contributed by atoms with Crippen LogP contribution in [0, 0.1) is 17.6 Å². The van der Waals surface area contributed by atoms with E-state index in [9.17, 15) is 5.11 Å². The van der Waals surface area contributed by atoms with Crippen LogP contribution in [0.25, 0.3) is 16.8 Å². The van der Waals surface area contributed by atoms with Gasteiger partial charge in [-0.3, -0.25) is 4.98 Å². The number of benzene rings is 1. The number of aliphatic hydroxyl groups excluding tert-OH is 1. The van der Waals surface area contributed by atoms with Crippen LogP contribution in [0.5, 0.6) is 0 Å². The van der Waals surface area contributed by atoms with Crippen LogP contribution in [0.1, 0.15) is 18.4 Å². The lowest BCUT2D eigenvalue weighted by Gasteiger charge is -2.40. The van der Waals surface area contributed by atoms with E-state index in [4.69, 9.17) is 10.5 Å². The Labute approximate surface area is 211 Å². The lowest BCUT2D eigenvalue weighted by Crippen LogP contribution is -2.55. The molecule has 2 saturated heterocycles. The highest BCUT2D eigenvalue weighted by molar-refractivity contribution is 5.74. The Balaban J connectivity index is 1.33. The number of halogens is 2. The Kier molecular flexibility index (Phi) is 5.98. The van der Waals surface area contributed by atoms with Crippen LogP contribution in [0.4, 0.5) is 26.1 Å². The first-order chi connectivity index (χ1) is 17.9. The average molecular weight is 508 g/mol. The molecule has 192 valence electrons. The van der Waals surface area contributed by atoms with Crippen LogP contribution >= 0.6 is 0 Å². The predicted octanol–water partition coefficient (Wildman–Crippen LogP) is 3.07. The summed E-state index contributed by atoms with van der Waals surface area (Å²) >= 11 is 0. The molecule has 6 rings (SSSR count). The van der Waals surface area contributed by atoms with Crippen molar-refractivity contribution in [1.29, 1.82) is 0 Å². The molecule has 0 aliphatic carbocycles. The van der Waals surface area contributed by atoms with E-state index in [1.165, 1.54) is 16.6 Å². The lowest BCUT2D eigenvalue weighted by molar-refractivity contribution is 0.00822. The van der Waals surface area contributed by atoms with Gasteiger partial charge in [-0.25, -0.2) is 13.8 Å². The molecule has 0 amide bonds. The van der Waals surface area contributed by atoms with E-state index in [1.807, 2.05) is 13.0 Å². The Bertz CT molecular complexity index is 1420. The topological polar surface area (TPSA) is 114 Å². The molecule has 4 N–H and O–H groups in total. The van der Waals surface area contributed by atoms with E-state index < -0.39 is 17.7 Å². The van der Waals surface area contributed by atoms with Crippen LogP contribution in [0.2, 0.25) is 0 Å². The van der Waals surface area contributed by atoms with Gasteiger partial charge in [-0.05, 0) is 35.9 Å². The number of fused-ring (bicyclic) bond motifs is 1. The fraction of sp³-hybridized carbons (Fsp3) is 0.346. The summed E-state index contributed by atoms with van der Waals surface area (Å²) in [7, 11) is 0. The van der Waals surface area contributed by atoms with E-state index >= 15 is 8.78 Å². The van der Waals surface area contributed by atoms with Gasteiger partial charge in [-0.2, -0.15) is 9.61 Å². The molecule has 0 bridgehead atoms. The maximum Gasteiger partial charge on any atom is 0.229 e. The number of aliphatic hydroxyl groups is 1. The van der Waals surface area contributed by atoms with Crippen molar-refractivity contribution in [3.63, 3.8) is 0 Å². The summed E-state index contributed by atoms with van der Waals surface area (Å²) in [6, 6.07) is 7.49. The van der Waals surface area contributed by atoms with Gasteiger partial charge in [0, 0.05) is 37.2 Å². The van der Waals surface area contributed by atoms with Gasteiger partial charge < -0.3 is 25.8 Å². The third kappa shape index (κ3) is 4.28. The number of nitrogens with one attached hydrogen (secondary N) is 1.